The van der Waals surface area contributed by atoms with Crippen LogP contribution in [0.25, 0.3) is 0 Å². The number of aliphatic hydroxyl groups excluding tert-OH is 1. The number of carbonyl (C=O) groups is 3. The van der Waals surface area contributed by atoms with E-state index in [2.05, 4.69) is 10.6 Å². The van der Waals surface area contributed by atoms with Gasteiger partial charge in [-0.2, -0.15) is 0 Å². The number of rotatable bonds is 8. The van der Waals surface area contributed by atoms with Crippen molar-refractivity contribution < 1.29 is 24.2 Å². The lowest BCUT2D eigenvalue weighted by atomic mass is 9.97. The predicted molar refractivity (Wildman–Crippen MR) is 136 cm³/mol. The van der Waals surface area contributed by atoms with Gasteiger partial charge >= 0.3 is 6.09 Å². The molecule has 3 N–H and O–H groups in total. The second kappa shape index (κ2) is 11.8. The molecule has 2 atom stereocenters. The van der Waals surface area contributed by atoms with Crippen molar-refractivity contribution in [3.8, 4) is 0 Å². The van der Waals surface area contributed by atoms with Crippen LogP contribution in [0, 0.1) is 20.8 Å². The zero-order valence-electron chi connectivity index (χ0n) is 21.6. The molecule has 0 fully saturated rings. The molecule has 0 bridgehead atoms. The number of anilines is 1. The Morgan fingerprint density at radius 3 is 2.09 bits per heavy atom. The van der Waals surface area contributed by atoms with E-state index < -0.39 is 35.6 Å². The zero-order valence-corrected chi connectivity index (χ0v) is 21.6. The second-order valence-electron chi connectivity index (χ2n) is 9.64. The van der Waals surface area contributed by atoms with Crippen LogP contribution >= 0.6 is 0 Å². The highest BCUT2D eigenvalue weighted by molar-refractivity contribution is 6.00. The third-order valence-corrected chi connectivity index (χ3v) is 5.50. The first-order valence-corrected chi connectivity index (χ1v) is 11.7. The van der Waals surface area contributed by atoms with Gasteiger partial charge in [-0.1, -0.05) is 42.5 Å². The topological polar surface area (TPSA) is 108 Å². The quantitative estimate of drug-likeness (QED) is 0.526. The molecule has 8 nitrogen and oxygen atoms in total. The molecule has 0 aliphatic carbocycles. The van der Waals surface area contributed by atoms with E-state index in [0.29, 0.717) is 11.3 Å². The summed E-state index contributed by atoms with van der Waals surface area (Å²) in [5.74, 6) is -0.933. The molecular weight excluding hydrogens is 446 g/mol. The van der Waals surface area contributed by atoms with Gasteiger partial charge in [0.05, 0.1) is 6.61 Å². The van der Waals surface area contributed by atoms with Crippen LogP contribution in [0.4, 0.5) is 10.5 Å². The maximum Gasteiger partial charge on any atom is 0.408 e. The summed E-state index contributed by atoms with van der Waals surface area (Å²) in [6, 6.07) is 11.0. The number of ether oxygens (including phenoxy) is 1. The first kappa shape index (κ1) is 27.9. The van der Waals surface area contributed by atoms with Gasteiger partial charge in [-0.25, -0.2) is 4.79 Å². The minimum atomic E-state index is -1.03. The van der Waals surface area contributed by atoms with E-state index in [-0.39, 0.29) is 13.2 Å². The predicted octanol–water partition coefficient (Wildman–Crippen LogP) is 4.03. The minimum absolute atomic E-state index is 0.0989. The van der Waals surface area contributed by atoms with Crippen LogP contribution in [-0.4, -0.2) is 52.7 Å². The summed E-state index contributed by atoms with van der Waals surface area (Å²) in [6.45, 7) is 11.9. The van der Waals surface area contributed by atoms with Crippen LogP contribution in [-0.2, 0) is 14.3 Å². The fourth-order valence-electron chi connectivity index (χ4n) is 3.82. The van der Waals surface area contributed by atoms with Gasteiger partial charge in [0.25, 0.3) is 5.91 Å². The lowest BCUT2D eigenvalue weighted by Crippen LogP contribution is -2.52. The Labute approximate surface area is 207 Å². The van der Waals surface area contributed by atoms with Crippen molar-refractivity contribution >= 4 is 23.6 Å². The van der Waals surface area contributed by atoms with E-state index in [1.54, 1.807) is 32.9 Å². The second-order valence-corrected chi connectivity index (χ2v) is 9.64. The molecule has 0 saturated heterocycles. The van der Waals surface area contributed by atoms with E-state index >= 15 is 0 Å². The van der Waals surface area contributed by atoms with Crippen molar-refractivity contribution in [1.29, 1.82) is 0 Å². The molecule has 0 spiro atoms. The Balaban J connectivity index is 2.45. The van der Waals surface area contributed by atoms with E-state index in [4.69, 9.17) is 4.74 Å². The Morgan fingerprint density at radius 1 is 0.971 bits per heavy atom. The number of amides is 3. The van der Waals surface area contributed by atoms with Gasteiger partial charge in [-0.05, 0) is 70.7 Å². The molecular formula is C27H37N3O5. The summed E-state index contributed by atoms with van der Waals surface area (Å²) >= 11 is 0. The third kappa shape index (κ3) is 7.55. The molecule has 0 aliphatic rings. The normalized spacial score (nSPS) is 12.9. The van der Waals surface area contributed by atoms with Gasteiger partial charge in [-0.3, -0.25) is 9.59 Å². The van der Waals surface area contributed by atoms with Crippen molar-refractivity contribution in [3.05, 3.63) is 64.7 Å². The van der Waals surface area contributed by atoms with E-state index in [1.807, 2.05) is 51.1 Å². The minimum Gasteiger partial charge on any atom is -0.444 e. The summed E-state index contributed by atoms with van der Waals surface area (Å²) in [5, 5.41) is 15.3. The molecule has 190 valence electrons. The summed E-state index contributed by atoms with van der Waals surface area (Å²) < 4.78 is 5.27. The number of nitrogens with zero attached hydrogens (tertiary/aromatic N) is 1. The van der Waals surface area contributed by atoms with E-state index in [0.717, 1.165) is 16.7 Å². The molecule has 0 saturated carbocycles. The Bertz CT molecular complexity index is 1040. The van der Waals surface area contributed by atoms with Crippen LogP contribution in [0.1, 0.15) is 56.0 Å². The summed E-state index contributed by atoms with van der Waals surface area (Å²) in [7, 11) is 0. The van der Waals surface area contributed by atoms with Crippen LogP contribution < -0.4 is 10.6 Å². The zero-order chi connectivity index (χ0) is 26.3. The Morgan fingerprint density at radius 2 is 1.54 bits per heavy atom. The Hall–Kier alpha value is -3.39. The van der Waals surface area contributed by atoms with E-state index in [1.165, 1.54) is 11.8 Å². The SMILES string of the molecule is Cc1ccccc1C(C(=O)Nc1c(C)cccc1C)N(CCO)C(=O)C(C)NC(=O)OC(C)(C)C. The number of benzene rings is 2. The van der Waals surface area contributed by atoms with Crippen LogP contribution in [0.15, 0.2) is 42.5 Å². The average Bonchev–Trinajstić information content (AvgIpc) is 2.75. The molecule has 0 heterocycles. The maximum atomic E-state index is 13.7. The average molecular weight is 484 g/mol. The Kier molecular flexibility index (Phi) is 9.42. The third-order valence-electron chi connectivity index (χ3n) is 5.50. The number of nitrogens with one attached hydrogen (secondary N) is 2. The molecule has 2 unspecified atom stereocenters. The molecule has 3 amide bonds. The van der Waals surface area contributed by atoms with Gasteiger partial charge in [-0.15, -0.1) is 0 Å². The molecule has 2 aromatic rings. The molecule has 35 heavy (non-hydrogen) atoms. The monoisotopic (exact) mass is 483 g/mol. The number of carbonyl (C=O) groups excluding carboxylic acids is 3. The summed E-state index contributed by atoms with van der Waals surface area (Å²) in [4.78, 5) is 40.8. The summed E-state index contributed by atoms with van der Waals surface area (Å²) in [6.07, 6.45) is -0.741. The summed E-state index contributed by atoms with van der Waals surface area (Å²) in [5.41, 5.74) is 3.17. The number of alkyl carbamates (subject to hydrolysis) is 1. The van der Waals surface area contributed by atoms with Crippen molar-refractivity contribution in [2.45, 2.75) is 66.2 Å². The van der Waals surface area contributed by atoms with Crippen molar-refractivity contribution in [2.75, 3.05) is 18.5 Å². The molecule has 2 rings (SSSR count). The number of hydrogen-bond donors (Lipinski definition) is 3. The highest BCUT2D eigenvalue weighted by Gasteiger charge is 2.35. The van der Waals surface area contributed by atoms with Gasteiger partial charge in [0.2, 0.25) is 5.91 Å². The maximum absolute atomic E-state index is 13.7. The molecule has 0 radical (unpaired) electrons. The number of hydrogen-bond acceptors (Lipinski definition) is 5. The fourth-order valence-corrected chi connectivity index (χ4v) is 3.82. The molecule has 2 aromatic carbocycles. The number of para-hydroxylation sites is 1. The number of aryl methyl sites for hydroxylation is 3. The lowest BCUT2D eigenvalue weighted by Gasteiger charge is -2.34. The van der Waals surface area contributed by atoms with Gasteiger partial charge in [0.15, 0.2) is 0 Å². The van der Waals surface area contributed by atoms with Crippen molar-refractivity contribution in [3.63, 3.8) is 0 Å². The molecule has 8 heteroatoms. The number of aliphatic hydroxyl groups is 1. The first-order valence-electron chi connectivity index (χ1n) is 11.7. The van der Waals surface area contributed by atoms with Crippen LogP contribution in [0.3, 0.4) is 0 Å². The highest BCUT2D eigenvalue weighted by Crippen LogP contribution is 2.28. The largest absolute Gasteiger partial charge is 0.444 e. The standard InChI is InChI=1S/C27H37N3O5/c1-17-11-8-9-14-21(17)23(24(32)29-22-18(2)12-10-13-19(22)3)30(15-16-31)25(33)20(4)28-26(34)35-27(5,6)7/h8-14,20,23,31H,15-16H2,1-7H3,(H,28,34)(H,29,32). The first-order chi connectivity index (χ1) is 16.4. The van der Waals surface area contributed by atoms with E-state index in [9.17, 15) is 19.5 Å². The van der Waals surface area contributed by atoms with Crippen molar-refractivity contribution in [1.82, 2.24) is 10.2 Å². The lowest BCUT2D eigenvalue weighted by molar-refractivity contribution is -0.141. The highest BCUT2D eigenvalue weighted by atomic mass is 16.6. The molecule has 0 aliphatic heterocycles. The van der Waals surface area contributed by atoms with Crippen LogP contribution in [0.5, 0.6) is 0 Å². The van der Waals surface area contributed by atoms with Gasteiger partial charge in [0.1, 0.15) is 17.7 Å². The van der Waals surface area contributed by atoms with Gasteiger partial charge < -0.3 is 25.4 Å². The smallest absolute Gasteiger partial charge is 0.408 e. The fraction of sp³-hybridized carbons (Fsp3) is 0.444. The van der Waals surface area contributed by atoms with Crippen LogP contribution in [0.2, 0.25) is 0 Å². The van der Waals surface area contributed by atoms with Gasteiger partial charge in [0, 0.05) is 12.2 Å². The van der Waals surface area contributed by atoms with Crippen molar-refractivity contribution in [2.24, 2.45) is 0 Å². The molecule has 0 aromatic heterocycles.